The molecular weight excluding hydrogens is 302 g/mol. The van der Waals surface area contributed by atoms with Crippen LogP contribution in [-0.2, 0) is 11.2 Å². The summed E-state index contributed by atoms with van der Waals surface area (Å²) in [4.78, 5) is 24.2. The van der Waals surface area contributed by atoms with Crippen LogP contribution in [-0.4, -0.2) is 48.0 Å². The van der Waals surface area contributed by atoms with Gasteiger partial charge in [-0.2, -0.15) is 0 Å². The Hall–Kier alpha value is -1.73. The van der Waals surface area contributed by atoms with Crippen molar-refractivity contribution in [2.75, 3.05) is 31.7 Å². The van der Waals surface area contributed by atoms with Crippen LogP contribution in [0.4, 0.5) is 10.5 Å². The van der Waals surface area contributed by atoms with Crippen molar-refractivity contribution >= 4 is 28.6 Å². The van der Waals surface area contributed by atoms with Crippen molar-refractivity contribution < 1.29 is 14.3 Å². The molecule has 1 aliphatic heterocycles. The molecule has 22 heavy (non-hydrogen) atoms. The molecule has 7 heteroatoms. The van der Waals surface area contributed by atoms with Crippen LogP contribution in [0.1, 0.15) is 12.5 Å². The molecule has 1 unspecified atom stereocenters. The summed E-state index contributed by atoms with van der Waals surface area (Å²) < 4.78 is 5.13. The first kappa shape index (κ1) is 16.6. The maximum Gasteiger partial charge on any atom is 0.288 e. The topological polar surface area (TPSA) is 84.7 Å². The summed E-state index contributed by atoms with van der Waals surface area (Å²) in [7, 11) is 1.59. The van der Waals surface area contributed by atoms with Gasteiger partial charge >= 0.3 is 0 Å². The van der Waals surface area contributed by atoms with Crippen LogP contribution in [0.2, 0.25) is 0 Å². The van der Waals surface area contributed by atoms with Gasteiger partial charge in [0.2, 0.25) is 5.91 Å². The molecular formula is C15H21N3O3S. The number of anilines is 1. The van der Waals surface area contributed by atoms with E-state index in [2.05, 4.69) is 12.2 Å². The Kier molecular flexibility index (Phi) is 5.68. The third kappa shape index (κ3) is 4.14. The van der Waals surface area contributed by atoms with Gasteiger partial charge in [0, 0.05) is 19.1 Å². The summed E-state index contributed by atoms with van der Waals surface area (Å²) in [5.41, 5.74) is 7.63. The molecule has 0 bridgehead atoms. The van der Waals surface area contributed by atoms with E-state index in [0.717, 1.165) is 23.7 Å². The molecule has 2 rings (SSSR count). The van der Waals surface area contributed by atoms with Gasteiger partial charge in [-0.3, -0.25) is 14.5 Å². The van der Waals surface area contributed by atoms with Crippen LogP contribution in [0, 0.1) is 0 Å². The fourth-order valence-corrected chi connectivity index (χ4v) is 3.11. The van der Waals surface area contributed by atoms with E-state index in [1.807, 2.05) is 18.2 Å². The molecule has 1 aromatic rings. The van der Waals surface area contributed by atoms with Crippen molar-refractivity contribution in [1.29, 1.82) is 0 Å². The Morgan fingerprint density at radius 2 is 2.23 bits per heavy atom. The Bertz CT molecular complexity index is 549. The number of nitrogens with two attached hydrogens (primary N) is 1. The Labute approximate surface area is 134 Å². The highest BCUT2D eigenvalue weighted by atomic mass is 32.2. The highest BCUT2D eigenvalue weighted by Crippen LogP contribution is 2.22. The number of hydrogen-bond donors (Lipinski definition) is 2. The summed E-state index contributed by atoms with van der Waals surface area (Å²) in [6, 6.07) is 5.96. The molecule has 3 N–H and O–H groups in total. The van der Waals surface area contributed by atoms with Crippen LogP contribution >= 0.6 is 11.8 Å². The number of amides is 2. The van der Waals surface area contributed by atoms with Crippen LogP contribution in [0.5, 0.6) is 5.75 Å². The van der Waals surface area contributed by atoms with Crippen LogP contribution < -0.4 is 15.8 Å². The monoisotopic (exact) mass is 323 g/mol. The number of carbonyl (C=O) groups excluding carboxylic acids is 2. The standard InChI is InChI=1S/C15H21N3O3S/c1-10(7-11-3-4-13(21-2)12(16)8-11)17-5-6-18-14(19)9-22-15(18)20/h3-4,8,10,17H,5-7,9,16H2,1-2H3. The number of carbonyl (C=O) groups is 2. The van der Waals surface area contributed by atoms with E-state index in [9.17, 15) is 9.59 Å². The molecule has 6 nitrogen and oxygen atoms in total. The zero-order valence-electron chi connectivity index (χ0n) is 12.8. The fraction of sp³-hybridized carbons (Fsp3) is 0.467. The minimum absolute atomic E-state index is 0.104. The summed E-state index contributed by atoms with van der Waals surface area (Å²) in [6.45, 7) is 3.06. The summed E-state index contributed by atoms with van der Waals surface area (Å²) in [5, 5.41) is 3.17. The lowest BCUT2D eigenvalue weighted by molar-refractivity contribution is -0.124. The average Bonchev–Trinajstić information content (AvgIpc) is 2.79. The first-order chi connectivity index (χ1) is 10.5. The lowest BCUT2D eigenvalue weighted by atomic mass is 10.1. The number of thioether (sulfide) groups is 1. The molecule has 1 fully saturated rings. The minimum Gasteiger partial charge on any atom is -0.495 e. The van der Waals surface area contributed by atoms with Gasteiger partial charge in [-0.15, -0.1) is 0 Å². The normalized spacial score (nSPS) is 16.2. The van der Waals surface area contributed by atoms with Gasteiger partial charge in [-0.25, -0.2) is 0 Å². The van der Waals surface area contributed by atoms with Crippen molar-refractivity contribution in [3.05, 3.63) is 23.8 Å². The average molecular weight is 323 g/mol. The number of nitrogens with zero attached hydrogens (tertiary/aromatic N) is 1. The summed E-state index contributed by atoms with van der Waals surface area (Å²) in [6.07, 6.45) is 0.810. The zero-order chi connectivity index (χ0) is 16.1. The smallest absolute Gasteiger partial charge is 0.288 e. The SMILES string of the molecule is COc1ccc(CC(C)NCCN2C(=O)CSC2=O)cc1N. The number of hydrogen-bond acceptors (Lipinski definition) is 6. The van der Waals surface area contributed by atoms with Gasteiger partial charge < -0.3 is 15.8 Å². The molecule has 0 radical (unpaired) electrons. The first-order valence-electron chi connectivity index (χ1n) is 7.14. The Balaban J connectivity index is 1.78. The second-order valence-electron chi connectivity index (χ2n) is 5.24. The summed E-state index contributed by atoms with van der Waals surface area (Å²) >= 11 is 1.06. The highest BCUT2D eigenvalue weighted by Gasteiger charge is 2.29. The highest BCUT2D eigenvalue weighted by molar-refractivity contribution is 8.14. The molecule has 0 spiro atoms. The lowest BCUT2D eigenvalue weighted by Crippen LogP contribution is -2.38. The van der Waals surface area contributed by atoms with E-state index >= 15 is 0 Å². The molecule has 0 saturated carbocycles. The van der Waals surface area contributed by atoms with Gasteiger partial charge in [-0.1, -0.05) is 17.8 Å². The molecule has 0 aromatic heterocycles. The van der Waals surface area contributed by atoms with E-state index in [0.29, 0.717) is 24.5 Å². The van der Waals surface area contributed by atoms with E-state index in [1.54, 1.807) is 7.11 Å². The van der Waals surface area contributed by atoms with Crippen molar-refractivity contribution in [3.63, 3.8) is 0 Å². The third-order valence-corrected chi connectivity index (χ3v) is 4.36. The lowest BCUT2D eigenvalue weighted by Gasteiger charge is -2.17. The molecule has 1 saturated heterocycles. The minimum atomic E-state index is -0.151. The number of benzene rings is 1. The number of nitrogen functional groups attached to an aromatic ring is 1. The van der Waals surface area contributed by atoms with Gasteiger partial charge in [0.15, 0.2) is 0 Å². The van der Waals surface area contributed by atoms with Crippen molar-refractivity contribution in [2.45, 2.75) is 19.4 Å². The summed E-state index contributed by atoms with van der Waals surface area (Å²) in [5.74, 6) is 0.833. The van der Waals surface area contributed by atoms with Gasteiger partial charge in [-0.05, 0) is 31.0 Å². The first-order valence-corrected chi connectivity index (χ1v) is 8.12. The predicted octanol–water partition coefficient (Wildman–Crippen LogP) is 1.49. The van der Waals surface area contributed by atoms with E-state index in [-0.39, 0.29) is 22.9 Å². The number of methoxy groups -OCH3 is 1. The number of nitrogens with one attached hydrogen (secondary N) is 1. The van der Waals surface area contributed by atoms with E-state index < -0.39 is 0 Å². The number of rotatable bonds is 7. The number of ether oxygens (including phenoxy) is 1. The predicted molar refractivity (Wildman–Crippen MR) is 88.1 cm³/mol. The van der Waals surface area contributed by atoms with Crippen LogP contribution in [0.15, 0.2) is 18.2 Å². The van der Waals surface area contributed by atoms with Gasteiger partial charge in [0.1, 0.15) is 5.75 Å². The molecule has 2 amide bonds. The maximum absolute atomic E-state index is 11.5. The van der Waals surface area contributed by atoms with Gasteiger partial charge in [0.25, 0.3) is 5.24 Å². The molecule has 1 heterocycles. The second-order valence-corrected chi connectivity index (χ2v) is 6.16. The van der Waals surface area contributed by atoms with Crippen molar-refractivity contribution in [3.8, 4) is 5.75 Å². The molecule has 1 aromatic carbocycles. The largest absolute Gasteiger partial charge is 0.495 e. The van der Waals surface area contributed by atoms with Gasteiger partial charge in [0.05, 0.1) is 18.6 Å². The second kappa shape index (κ2) is 7.51. The molecule has 1 aliphatic rings. The third-order valence-electron chi connectivity index (χ3n) is 3.50. The van der Waals surface area contributed by atoms with E-state index in [4.69, 9.17) is 10.5 Å². The Morgan fingerprint density at radius 3 is 2.82 bits per heavy atom. The molecule has 120 valence electrons. The van der Waals surface area contributed by atoms with E-state index in [1.165, 1.54) is 4.90 Å². The number of imide groups is 1. The van der Waals surface area contributed by atoms with Crippen LogP contribution in [0.3, 0.4) is 0 Å². The quantitative estimate of drug-likeness (QED) is 0.740. The van der Waals surface area contributed by atoms with Crippen molar-refractivity contribution in [1.82, 2.24) is 10.2 Å². The fourth-order valence-electron chi connectivity index (χ4n) is 2.36. The molecule has 0 aliphatic carbocycles. The maximum atomic E-state index is 11.5. The zero-order valence-corrected chi connectivity index (χ0v) is 13.6. The van der Waals surface area contributed by atoms with Crippen molar-refractivity contribution in [2.24, 2.45) is 0 Å². The van der Waals surface area contributed by atoms with Crippen LogP contribution in [0.25, 0.3) is 0 Å². The Morgan fingerprint density at radius 1 is 1.45 bits per heavy atom. The molecule has 1 atom stereocenters.